The Labute approximate surface area is 104 Å². The molecule has 0 bridgehead atoms. The molecular formula is C15H12N2O. The van der Waals surface area contributed by atoms with Crippen LogP contribution in [0, 0.1) is 6.92 Å². The SMILES string of the molecule is Cc1c[nH]c2ncc(-c3cccc(C=O)c3)cc12. The van der Waals surface area contributed by atoms with Crippen molar-refractivity contribution in [3.05, 3.63) is 53.9 Å². The van der Waals surface area contributed by atoms with E-state index >= 15 is 0 Å². The van der Waals surface area contributed by atoms with Gasteiger partial charge in [0.15, 0.2) is 0 Å². The maximum Gasteiger partial charge on any atom is 0.150 e. The Morgan fingerprint density at radius 2 is 2.11 bits per heavy atom. The van der Waals surface area contributed by atoms with Gasteiger partial charge in [-0.1, -0.05) is 18.2 Å². The molecule has 88 valence electrons. The number of nitrogens with one attached hydrogen (secondary N) is 1. The normalized spacial score (nSPS) is 10.7. The van der Waals surface area contributed by atoms with E-state index in [1.165, 1.54) is 5.56 Å². The van der Waals surface area contributed by atoms with Crippen LogP contribution in [0.1, 0.15) is 15.9 Å². The van der Waals surface area contributed by atoms with Gasteiger partial charge in [-0.2, -0.15) is 0 Å². The van der Waals surface area contributed by atoms with E-state index in [9.17, 15) is 4.79 Å². The molecule has 0 amide bonds. The van der Waals surface area contributed by atoms with E-state index in [1.807, 2.05) is 37.5 Å². The number of hydrogen-bond acceptors (Lipinski definition) is 2. The highest BCUT2D eigenvalue weighted by Crippen LogP contribution is 2.24. The summed E-state index contributed by atoms with van der Waals surface area (Å²) < 4.78 is 0. The first-order valence-electron chi connectivity index (χ1n) is 5.77. The highest BCUT2D eigenvalue weighted by atomic mass is 16.1. The summed E-state index contributed by atoms with van der Waals surface area (Å²) in [5.41, 5.74) is 4.77. The predicted octanol–water partition coefficient (Wildman–Crippen LogP) is 3.35. The summed E-state index contributed by atoms with van der Waals surface area (Å²) in [6, 6.07) is 9.63. The van der Waals surface area contributed by atoms with Gasteiger partial charge in [-0.05, 0) is 30.2 Å². The Morgan fingerprint density at radius 3 is 2.94 bits per heavy atom. The molecule has 0 aliphatic heterocycles. The lowest BCUT2D eigenvalue weighted by atomic mass is 10.0. The zero-order valence-corrected chi connectivity index (χ0v) is 9.97. The quantitative estimate of drug-likeness (QED) is 0.693. The topological polar surface area (TPSA) is 45.8 Å². The fourth-order valence-corrected chi connectivity index (χ4v) is 2.08. The number of aromatic amines is 1. The van der Waals surface area contributed by atoms with Crippen LogP contribution in [-0.2, 0) is 0 Å². The molecule has 0 radical (unpaired) electrons. The number of nitrogens with zero attached hydrogens (tertiary/aromatic N) is 1. The Hall–Kier alpha value is -2.42. The summed E-state index contributed by atoms with van der Waals surface area (Å²) in [6.45, 7) is 2.05. The molecule has 2 heterocycles. The summed E-state index contributed by atoms with van der Waals surface area (Å²) in [5.74, 6) is 0. The van der Waals surface area contributed by atoms with Crippen LogP contribution in [0.25, 0.3) is 22.2 Å². The first kappa shape index (κ1) is 10.7. The van der Waals surface area contributed by atoms with Gasteiger partial charge in [-0.15, -0.1) is 0 Å². The Bertz CT molecular complexity index is 728. The molecule has 3 aromatic rings. The minimum absolute atomic E-state index is 0.679. The monoisotopic (exact) mass is 236 g/mol. The number of pyridine rings is 1. The highest BCUT2D eigenvalue weighted by molar-refractivity contribution is 5.85. The van der Waals surface area contributed by atoms with Gasteiger partial charge in [-0.3, -0.25) is 4.79 Å². The molecule has 0 spiro atoms. The van der Waals surface area contributed by atoms with Gasteiger partial charge in [0.2, 0.25) is 0 Å². The number of fused-ring (bicyclic) bond motifs is 1. The first-order chi connectivity index (χ1) is 8.78. The number of hydrogen-bond donors (Lipinski definition) is 1. The average Bonchev–Trinajstić information content (AvgIpc) is 2.80. The van der Waals surface area contributed by atoms with E-state index in [0.717, 1.165) is 28.4 Å². The van der Waals surface area contributed by atoms with Gasteiger partial charge in [0.1, 0.15) is 11.9 Å². The van der Waals surface area contributed by atoms with Crippen molar-refractivity contribution in [3.8, 4) is 11.1 Å². The zero-order chi connectivity index (χ0) is 12.5. The zero-order valence-electron chi connectivity index (χ0n) is 9.97. The second-order valence-corrected chi connectivity index (χ2v) is 4.34. The summed E-state index contributed by atoms with van der Waals surface area (Å²) in [5, 5.41) is 1.11. The molecular weight excluding hydrogens is 224 g/mol. The Kier molecular flexibility index (Phi) is 2.45. The Balaban J connectivity index is 2.18. The van der Waals surface area contributed by atoms with Gasteiger partial charge in [0, 0.05) is 28.9 Å². The maximum absolute atomic E-state index is 10.8. The van der Waals surface area contributed by atoms with Crippen molar-refractivity contribution in [3.63, 3.8) is 0 Å². The van der Waals surface area contributed by atoms with Crippen LogP contribution in [0.2, 0.25) is 0 Å². The highest BCUT2D eigenvalue weighted by Gasteiger charge is 2.04. The van der Waals surface area contributed by atoms with Crippen LogP contribution in [0.15, 0.2) is 42.7 Å². The molecule has 0 fully saturated rings. The third-order valence-electron chi connectivity index (χ3n) is 3.09. The van der Waals surface area contributed by atoms with Crippen molar-refractivity contribution in [1.29, 1.82) is 0 Å². The van der Waals surface area contributed by atoms with Crippen LogP contribution < -0.4 is 0 Å². The van der Waals surface area contributed by atoms with E-state index in [1.54, 1.807) is 6.07 Å². The fourth-order valence-electron chi connectivity index (χ4n) is 2.08. The average molecular weight is 236 g/mol. The largest absolute Gasteiger partial charge is 0.346 e. The van der Waals surface area contributed by atoms with Gasteiger partial charge in [0.05, 0.1) is 0 Å². The summed E-state index contributed by atoms with van der Waals surface area (Å²) >= 11 is 0. The molecule has 0 aliphatic carbocycles. The molecule has 0 aliphatic rings. The molecule has 3 heteroatoms. The molecule has 3 nitrogen and oxygen atoms in total. The summed E-state index contributed by atoms with van der Waals surface area (Å²) in [7, 11) is 0. The lowest BCUT2D eigenvalue weighted by Crippen LogP contribution is -1.84. The number of benzene rings is 1. The number of carbonyl (C=O) groups is 1. The molecule has 0 saturated carbocycles. The molecule has 0 unspecified atom stereocenters. The molecule has 0 atom stereocenters. The van der Waals surface area contributed by atoms with E-state index in [4.69, 9.17) is 0 Å². The lowest BCUT2D eigenvalue weighted by Gasteiger charge is -2.02. The van der Waals surface area contributed by atoms with E-state index in [-0.39, 0.29) is 0 Å². The first-order valence-corrected chi connectivity index (χ1v) is 5.77. The summed E-state index contributed by atoms with van der Waals surface area (Å²) in [6.07, 6.45) is 4.63. The number of rotatable bonds is 2. The molecule has 2 aromatic heterocycles. The van der Waals surface area contributed by atoms with Crippen LogP contribution in [-0.4, -0.2) is 16.3 Å². The second kappa shape index (κ2) is 4.11. The summed E-state index contributed by atoms with van der Waals surface area (Å²) in [4.78, 5) is 18.3. The minimum Gasteiger partial charge on any atom is -0.346 e. The third-order valence-corrected chi connectivity index (χ3v) is 3.09. The molecule has 3 rings (SSSR count). The van der Waals surface area contributed by atoms with E-state index in [0.29, 0.717) is 5.56 Å². The smallest absolute Gasteiger partial charge is 0.150 e. The van der Waals surface area contributed by atoms with Crippen LogP contribution in [0.3, 0.4) is 0 Å². The molecule has 1 aromatic carbocycles. The van der Waals surface area contributed by atoms with Gasteiger partial charge >= 0.3 is 0 Å². The number of carbonyl (C=O) groups excluding carboxylic acids is 1. The number of aldehydes is 1. The van der Waals surface area contributed by atoms with Crippen molar-refractivity contribution >= 4 is 17.3 Å². The number of aromatic nitrogens is 2. The van der Waals surface area contributed by atoms with Crippen molar-refractivity contribution in [2.24, 2.45) is 0 Å². The number of H-pyrrole nitrogens is 1. The maximum atomic E-state index is 10.8. The van der Waals surface area contributed by atoms with Gasteiger partial charge in [0.25, 0.3) is 0 Å². The van der Waals surface area contributed by atoms with Crippen molar-refractivity contribution < 1.29 is 4.79 Å². The van der Waals surface area contributed by atoms with Crippen molar-refractivity contribution in [1.82, 2.24) is 9.97 Å². The van der Waals surface area contributed by atoms with E-state index in [2.05, 4.69) is 16.0 Å². The van der Waals surface area contributed by atoms with Crippen molar-refractivity contribution in [2.45, 2.75) is 6.92 Å². The minimum atomic E-state index is 0.679. The third kappa shape index (κ3) is 1.70. The fraction of sp³-hybridized carbons (Fsp3) is 0.0667. The predicted molar refractivity (Wildman–Crippen MR) is 71.7 cm³/mol. The van der Waals surface area contributed by atoms with Crippen LogP contribution >= 0.6 is 0 Å². The second-order valence-electron chi connectivity index (χ2n) is 4.34. The standard InChI is InChI=1S/C15H12N2O/c1-10-7-16-15-14(10)6-13(8-17-15)12-4-2-3-11(5-12)9-18/h2-9H,1H3,(H,16,17). The molecule has 18 heavy (non-hydrogen) atoms. The van der Waals surface area contributed by atoms with Gasteiger partial charge in [-0.25, -0.2) is 4.98 Å². The number of aryl methyl sites for hydroxylation is 1. The van der Waals surface area contributed by atoms with E-state index < -0.39 is 0 Å². The van der Waals surface area contributed by atoms with Crippen LogP contribution in [0.5, 0.6) is 0 Å². The Morgan fingerprint density at radius 1 is 1.22 bits per heavy atom. The van der Waals surface area contributed by atoms with Gasteiger partial charge < -0.3 is 4.98 Å². The molecule has 0 saturated heterocycles. The van der Waals surface area contributed by atoms with Crippen molar-refractivity contribution in [2.75, 3.05) is 0 Å². The lowest BCUT2D eigenvalue weighted by molar-refractivity contribution is 0.112. The molecule has 1 N–H and O–H groups in total. The van der Waals surface area contributed by atoms with Crippen LogP contribution in [0.4, 0.5) is 0 Å².